The maximum atomic E-state index is 12.1. The van der Waals surface area contributed by atoms with E-state index in [-0.39, 0.29) is 18.0 Å². The Hall–Kier alpha value is -0.680. The molecule has 0 spiro atoms. The monoisotopic (exact) mass is 273 g/mol. The quantitative estimate of drug-likeness (QED) is 0.628. The topological polar surface area (TPSA) is 58.4 Å². The smallest absolute Gasteiger partial charge is 0.237 e. The standard InChI is InChI=1S/C13H27N3OS/c1-5-7-10(3)15-13(17)11(4)16(6-2)9-8-12(14)18/h10-11H,5-9H2,1-4H3,(H2,14,18)(H,15,17). The fraction of sp³-hybridized carbons (Fsp3) is 0.846. The summed E-state index contributed by atoms with van der Waals surface area (Å²) in [5.41, 5.74) is 5.50. The van der Waals surface area contributed by atoms with E-state index in [4.69, 9.17) is 18.0 Å². The number of hydrogen-bond acceptors (Lipinski definition) is 3. The number of amides is 1. The Balaban J connectivity index is 4.26. The Kier molecular flexibility index (Phi) is 8.93. The van der Waals surface area contributed by atoms with Crippen LogP contribution in [0.5, 0.6) is 0 Å². The van der Waals surface area contributed by atoms with E-state index in [0.29, 0.717) is 11.4 Å². The maximum absolute atomic E-state index is 12.1. The highest BCUT2D eigenvalue weighted by molar-refractivity contribution is 7.80. The fourth-order valence-corrected chi connectivity index (χ4v) is 2.01. The fourth-order valence-electron chi connectivity index (χ4n) is 1.91. The third-order valence-electron chi connectivity index (χ3n) is 3.09. The lowest BCUT2D eigenvalue weighted by Crippen LogP contribution is -2.48. The summed E-state index contributed by atoms with van der Waals surface area (Å²) >= 11 is 4.87. The average Bonchev–Trinajstić information content (AvgIpc) is 2.29. The Labute approximate surface area is 116 Å². The van der Waals surface area contributed by atoms with Crippen molar-refractivity contribution in [3.8, 4) is 0 Å². The third-order valence-corrected chi connectivity index (χ3v) is 3.29. The number of carbonyl (C=O) groups excluding carboxylic acids is 1. The van der Waals surface area contributed by atoms with Gasteiger partial charge in [0.1, 0.15) is 0 Å². The first-order chi connectivity index (χ1) is 8.42. The second-order valence-electron chi connectivity index (χ2n) is 4.72. The van der Waals surface area contributed by atoms with Crippen LogP contribution in [0.3, 0.4) is 0 Å². The summed E-state index contributed by atoms with van der Waals surface area (Å²) in [7, 11) is 0. The molecule has 5 heteroatoms. The van der Waals surface area contributed by atoms with Crippen LogP contribution in [-0.2, 0) is 4.79 Å². The molecule has 0 aliphatic rings. The van der Waals surface area contributed by atoms with Crippen LogP contribution in [0.4, 0.5) is 0 Å². The molecule has 18 heavy (non-hydrogen) atoms. The number of rotatable bonds is 9. The molecule has 3 N–H and O–H groups in total. The molecule has 0 aliphatic heterocycles. The van der Waals surface area contributed by atoms with Gasteiger partial charge >= 0.3 is 0 Å². The molecule has 0 saturated heterocycles. The van der Waals surface area contributed by atoms with Gasteiger partial charge in [-0.1, -0.05) is 32.5 Å². The van der Waals surface area contributed by atoms with Gasteiger partial charge in [0.25, 0.3) is 0 Å². The molecule has 4 nitrogen and oxygen atoms in total. The van der Waals surface area contributed by atoms with Crippen molar-refractivity contribution >= 4 is 23.1 Å². The molecule has 0 aromatic carbocycles. The number of hydrogen-bond donors (Lipinski definition) is 2. The lowest BCUT2D eigenvalue weighted by atomic mass is 10.1. The third kappa shape index (κ3) is 6.91. The van der Waals surface area contributed by atoms with Gasteiger partial charge in [0.05, 0.1) is 11.0 Å². The van der Waals surface area contributed by atoms with Gasteiger partial charge in [-0.05, 0) is 26.8 Å². The van der Waals surface area contributed by atoms with Crippen LogP contribution < -0.4 is 11.1 Å². The zero-order valence-corrected chi connectivity index (χ0v) is 12.8. The molecular formula is C13H27N3OS. The van der Waals surface area contributed by atoms with Gasteiger partial charge in [-0.15, -0.1) is 0 Å². The van der Waals surface area contributed by atoms with Crippen molar-refractivity contribution in [1.82, 2.24) is 10.2 Å². The van der Waals surface area contributed by atoms with E-state index in [0.717, 1.165) is 25.9 Å². The summed E-state index contributed by atoms with van der Waals surface area (Å²) in [6, 6.07) is 0.0999. The molecule has 0 rings (SSSR count). The minimum Gasteiger partial charge on any atom is -0.393 e. The van der Waals surface area contributed by atoms with Crippen molar-refractivity contribution in [3.63, 3.8) is 0 Å². The van der Waals surface area contributed by atoms with Crippen molar-refractivity contribution in [3.05, 3.63) is 0 Å². The van der Waals surface area contributed by atoms with Gasteiger partial charge in [0.15, 0.2) is 0 Å². The van der Waals surface area contributed by atoms with Gasteiger partial charge in [0.2, 0.25) is 5.91 Å². The largest absolute Gasteiger partial charge is 0.393 e. The number of nitrogens with two attached hydrogens (primary N) is 1. The van der Waals surface area contributed by atoms with Gasteiger partial charge in [-0.2, -0.15) is 0 Å². The highest BCUT2D eigenvalue weighted by atomic mass is 32.1. The Morgan fingerprint density at radius 1 is 1.39 bits per heavy atom. The minimum absolute atomic E-state index is 0.0840. The van der Waals surface area contributed by atoms with E-state index in [1.165, 1.54) is 0 Å². The van der Waals surface area contributed by atoms with Crippen LogP contribution in [0.25, 0.3) is 0 Å². The van der Waals surface area contributed by atoms with Crippen LogP contribution in [0.15, 0.2) is 0 Å². The molecule has 0 bridgehead atoms. The van der Waals surface area contributed by atoms with E-state index < -0.39 is 0 Å². The number of likely N-dealkylation sites (N-methyl/N-ethyl adjacent to an activating group) is 1. The molecule has 2 unspecified atom stereocenters. The molecule has 0 aliphatic carbocycles. The molecule has 0 aromatic rings. The van der Waals surface area contributed by atoms with Gasteiger partial charge < -0.3 is 11.1 Å². The first-order valence-corrected chi connectivity index (χ1v) is 7.15. The molecule has 106 valence electrons. The Morgan fingerprint density at radius 2 is 2.00 bits per heavy atom. The summed E-state index contributed by atoms with van der Waals surface area (Å²) in [5.74, 6) is 0.0840. The molecular weight excluding hydrogens is 246 g/mol. The van der Waals surface area contributed by atoms with E-state index >= 15 is 0 Å². The Bertz CT molecular complexity index is 271. The average molecular weight is 273 g/mol. The first kappa shape index (κ1) is 17.3. The predicted octanol–water partition coefficient (Wildman–Crippen LogP) is 1.68. The van der Waals surface area contributed by atoms with E-state index in [1.807, 2.05) is 20.8 Å². The number of nitrogens with one attached hydrogen (secondary N) is 1. The molecule has 2 atom stereocenters. The molecule has 0 heterocycles. The highest BCUT2D eigenvalue weighted by Gasteiger charge is 2.20. The van der Waals surface area contributed by atoms with Crippen LogP contribution in [-0.4, -0.2) is 41.0 Å². The van der Waals surface area contributed by atoms with Crippen LogP contribution in [0.2, 0.25) is 0 Å². The normalized spacial score (nSPS) is 14.3. The lowest BCUT2D eigenvalue weighted by molar-refractivity contribution is -0.126. The predicted molar refractivity (Wildman–Crippen MR) is 80.6 cm³/mol. The number of nitrogens with zero attached hydrogens (tertiary/aromatic N) is 1. The summed E-state index contributed by atoms with van der Waals surface area (Å²) < 4.78 is 0. The summed E-state index contributed by atoms with van der Waals surface area (Å²) in [5, 5.41) is 3.04. The number of thiocarbonyl (C=S) groups is 1. The molecule has 0 saturated carbocycles. The number of carbonyl (C=O) groups is 1. The molecule has 0 radical (unpaired) electrons. The first-order valence-electron chi connectivity index (χ1n) is 6.75. The van der Waals surface area contributed by atoms with Gasteiger partial charge in [0, 0.05) is 19.0 Å². The summed E-state index contributed by atoms with van der Waals surface area (Å²) in [6.45, 7) is 9.68. The van der Waals surface area contributed by atoms with Crippen LogP contribution in [0.1, 0.15) is 47.0 Å². The van der Waals surface area contributed by atoms with Gasteiger partial charge in [-0.25, -0.2) is 0 Å². The molecule has 1 amide bonds. The lowest BCUT2D eigenvalue weighted by Gasteiger charge is -2.28. The van der Waals surface area contributed by atoms with Crippen molar-refractivity contribution < 1.29 is 4.79 Å². The van der Waals surface area contributed by atoms with Crippen LogP contribution >= 0.6 is 12.2 Å². The van der Waals surface area contributed by atoms with E-state index in [9.17, 15) is 4.79 Å². The minimum atomic E-state index is -0.136. The zero-order chi connectivity index (χ0) is 14.1. The molecule has 0 fully saturated rings. The second-order valence-corrected chi connectivity index (χ2v) is 5.24. The van der Waals surface area contributed by atoms with Crippen molar-refractivity contribution in [2.75, 3.05) is 13.1 Å². The van der Waals surface area contributed by atoms with Crippen molar-refractivity contribution in [1.29, 1.82) is 0 Å². The van der Waals surface area contributed by atoms with E-state index in [1.54, 1.807) is 0 Å². The Morgan fingerprint density at radius 3 is 2.44 bits per heavy atom. The zero-order valence-electron chi connectivity index (χ0n) is 12.0. The second kappa shape index (κ2) is 9.28. The van der Waals surface area contributed by atoms with Crippen LogP contribution in [0, 0.1) is 0 Å². The van der Waals surface area contributed by atoms with Gasteiger partial charge in [-0.3, -0.25) is 9.69 Å². The van der Waals surface area contributed by atoms with Crippen molar-refractivity contribution in [2.45, 2.75) is 59.0 Å². The molecule has 0 aromatic heterocycles. The SMILES string of the molecule is CCCC(C)NC(=O)C(C)N(CC)CCC(N)=S. The summed E-state index contributed by atoms with van der Waals surface area (Å²) in [4.78, 5) is 14.6. The highest BCUT2D eigenvalue weighted by Crippen LogP contribution is 2.03. The maximum Gasteiger partial charge on any atom is 0.237 e. The van der Waals surface area contributed by atoms with E-state index in [2.05, 4.69) is 17.1 Å². The summed E-state index contributed by atoms with van der Waals surface area (Å²) in [6.07, 6.45) is 2.75. The van der Waals surface area contributed by atoms with Crippen molar-refractivity contribution in [2.24, 2.45) is 5.73 Å².